The standard InChI is InChI=1S/C26H33NO6/c1-15-22(25(29)33-14-17-7-6-10-32-17)23(18-9-8-16(30-4)11-21(18)31-5)24-19(27-15)12-26(2,3)13-20(24)28/h8-9,11,17,23,27H,6-7,10,12-14H2,1-5H3/t17-,23-/m0/s1. The number of hydrogen-bond acceptors (Lipinski definition) is 7. The first-order valence-electron chi connectivity index (χ1n) is 11.5. The van der Waals surface area contributed by atoms with E-state index in [0.29, 0.717) is 41.4 Å². The van der Waals surface area contributed by atoms with Crippen molar-refractivity contribution in [3.05, 3.63) is 46.3 Å². The van der Waals surface area contributed by atoms with Crippen LogP contribution in [0.3, 0.4) is 0 Å². The number of nitrogens with one attached hydrogen (secondary N) is 1. The van der Waals surface area contributed by atoms with Gasteiger partial charge < -0.3 is 24.3 Å². The summed E-state index contributed by atoms with van der Waals surface area (Å²) in [6, 6.07) is 5.47. The van der Waals surface area contributed by atoms with Gasteiger partial charge >= 0.3 is 5.97 Å². The van der Waals surface area contributed by atoms with Crippen molar-refractivity contribution in [1.29, 1.82) is 0 Å². The molecule has 3 aliphatic rings. The monoisotopic (exact) mass is 455 g/mol. The fourth-order valence-corrected chi connectivity index (χ4v) is 5.10. The van der Waals surface area contributed by atoms with Crippen LogP contribution in [0.15, 0.2) is 40.7 Å². The van der Waals surface area contributed by atoms with Gasteiger partial charge in [0.05, 0.1) is 31.8 Å². The molecular weight excluding hydrogens is 422 g/mol. The van der Waals surface area contributed by atoms with E-state index in [9.17, 15) is 9.59 Å². The van der Waals surface area contributed by atoms with E-state index in [0.717, 1.165) is 30.5 Å². The van der Waals surface area contributed by atoms with Crippen molar-refractivity contribution in [2.75, 3.05) is 27.4 Å². The van der Waals surface area contributed by atoms with Gasteiger partial charge in [-0.25, -0.2) is 4.79 Å². The molecule has 1 aliphatic carbocycles. The number of ketones is 1. The first-order valence-corrected chi connectivity index (χ1v) is 11.5. The number of esters is 1. The molecule has 0 unspecified atom stereocenters. The summed E-state index contributed by atoms with van der Waals surface area (Å²) in [5.41, 5.74) is 3.20. The molecule has 4 rings (SSSR count). The molecule has 2 aliphatic heterocycles. The molecule has 2 atom stereocenters. The van der Waals surface area contributed by atoms with Gasteiger partial charge in [0.25, 0.3) is 0 Å². The Hall–Kier alpha value is -2.80. The third kappa shape index (κ3) is 4.64. The zero-order valence-corrected chi connectivity index (χ0v) is 20.1. The second kappa shape index (κ2) is 9.21. The molecular formula is C26H33NO6. The molecule has 1 aromatic carbocycles. The first-order chi connectivity index (χ1) is 15.7. The molecule has 0 aromatic heterocycles. The van der Waals surface area contributed by atoms with Crippen LogP contribution < -0.4 is 14.8 Å². The van der Waals surface area contributed by atoms with E-state index < -0.39 is 11.9 Å². The Morgan fingerprint density at radius 3 is 2.67 bits per heavy atom. The fraction of sp³-hybridized carbons (Fsp3) is 0.538. The number of carbonyl (C=O) groups is 2. The normalized spacial score (nSPS) is 24.3. The molecule has 1 saturated heterocycles. The van der Waals surface area contributed by atoms with Crippen LogP contribution in [-0.4, -0.2) is 45.3 Å². The van der Waals surface area contributed by atoms with Gasteiger partial charge in [-0.05, 0) is 37.7 Å². The highest BCUT2D eigenvalue weighted by atomic mass is 16.6. The topological polar surface area (TPSA) is 83.1 Å². The predicted octanol–water partition coefficient (Wildman–Crippen LogP) is 4.03. The highest BCUT2D eigenvalue weighted by Crippen LogP contribution is 2.49. The van der Waals surface area contributed by atoms with E-state index in [1.165, 1.54) is 0 Å². The number of hydrogen-bond donors (Lipinski definition) is 1. The molecule has 0 spiro atoms. The predicted molar refractivity (Wildman–Crippen MR) is 123 cm³/mol. The Kier molecular flexibility index (Phi) is 6.52. The number of carbonyl (C=O) groups excluding carboxylic acids is 2. The van der Waals surface area contributed by atoms with E-state index in [1.807, 2.05) is 19.1 Å². The van der Waals surface area contributed by atoms with Crippen molar-refractivity contribution in [2.24, 2.45) is 5.41 Å². The minimum absolute atomic E-state index is 0.0357. The van der Waals surface area contributed by atoms with Crippen molar-refractivity contribution in [1.82, 2.24) is 5.32 Å². The van der Waals surface area contributed by atoms with Gasteiger partial charge in [0.15, 0.2) is 5.78 Å². The Labute approximate surface area is 195 Å². The molecule has 0 bridgehead atoms. The Balaban J connectivity index is 1.78. The van der Waals surface area contributed by atoms with Crippen LogP contribution in [0.2, 0.25) is 0 Å². The summed E-state index contributed by atoms with van der Waals surface area (Å²) in [4.78, 5) is 26.8. The Morgan fingerprint density at radius 2 is 2.00 bits per heavy atom. The van der Waals surface area contributed by atoms with Crippen LogP contribution in [0.4, 0.5) is 0 Å². The summed E-state index contributed by atoms with van der Waals surface area (Å²) >= 11 is 0. The van der Waals surface area contributed by atoms with E-state index in [2.05, 4.69) is 19.2 Å². The first kappa shape index (κ1) is 23.4. The molecule has 0 amide bonds. The highest BCUT2D eigenvalue weighted by Gasteiger charge is 2.44. The van der Waals surface area contributed by atoms with E-state index in [-0.39, 0.29) is 23.9 Å². The summed E-state index contributed by atoms with van der Waals surface area (Å²) in [6.45, 7) is 6.93. The van der Waals surface area contributed by atoms with Crippen molar-refractivity contribution in [3.63, 3.8) is 0 Å². The van der Waals surface area contributed by atoms with E-state index >= 15 is 0 Å². The maximum absolute atomic E-state index is 13.4. The minimum atomic E-state index is -0.581. The maximum Gasteiger partial charge on any atom is 0.336 e. The lowest BCUT2D eigenvalue weighted by Gasteiger charge is -2.39. The van der Waals surface area contributed by atoms with Gasteiger partial charge in [0, 0.05) is 41.6 Å². The number of dihydropyridines is 1. The molecule has 7 heteroatoms. The number of ether oxygens (including phenoxy) is 4. The van der Waals surface area contributed by atoms with Crippen molar-refractivity contribution >= 4 is 11.8 Å². The Bertz CT molecular complexity index is 1020. The smallest absolute Gasteiger partial charge is 0.336 e. The van der Waals surface area contributed by atoms with Gasteiger partial charge in [-0.1, -0.05) is 19.9 Å². The second-order valence-corrected chi connectivity index (χ2v) is 9.77. The van der Waals surface area contributed by atoms with Crippen LogP contribution in [0.25, 0.3) is 0 Å². The van der Waals surface area contributed by atoms with Gasteiger partial charge in [0.1, 0.15) is 18.1 Å². The maximum atomic E-state index is 13.4. The molecule has 0 saturated carbocycles. The lowest BCUT2D eigenvalue weighted by atomic mass is 9.68. The molecule has 2 heterocycles. The van der Waals surface area contributed by atoms with Gasteiger partial charge in [-0.3, -0.25) is 4.79 Å². The van der Waals surface area contributed by atoms with E-state index in [1.54, 1.807) is 20.3 Å². The number of allylic oxidation sites excluding steroid dienone is 3. The van der Waals surface area contributed by atoms with Crippen molar-refractivity contribution in [2.45, 2.75) is 58.5 Å². The third-order valence-electron chi connectivity index (χ3n) is 6.64. The zero-order chi connectivity index (χ0) is 23.8. The number of methoxy groups -OCH3 is 2. The summed E-state index contributed by atoms with van der Waals surface area (Å²) in [7, 11) is 3.16. The number of Topliss-reactive ketones (excluding diaryl/α,β-unsaturated/α-hetero) is 1. The van der Waals surface area contributed by atoms with Crippen LogP contribution in [0.5, 0.6) is 11.5 Å². The van der Waals surface area contributed by atoms with Crippen molar-refractivity contribution in [3.8, 4) is 11.5 Å². The zero-order valence-electron chi connectivity index (χ0n) is 20.1. The van der Waals surface area contributed by atoms with Crippen LogP contribution in [0.1, 0.15) is 57.9 Å². The average molecular weight is 456 g/mol. The molecule has 33 heavy (non-hydrogen) atoms. The summed E-state index contributed by atoms with van der Waals surface area (Å²) in [6.07, 6.45) is 2.91. The van der Waals surface area contributed by atoms with Crippen LogP contribution >= 0.6 is 0 Å². The second-order valence-electron chi connectivity index (χ2n) is 9.77. The highest BCUT2D eigenvalue weighted by molar-refractivity contribution is 6.04. The van der Waals surface area contributed by atoms with Gasteiger partial charge in [0.2, 0.25) is 0 Å². The lowest BCUT2D eigenvalue weighted by molar-refractivity contribution is -0.142. The lowest BCUT2D eigenvalue weighted by Crippen LogP contribution is -2.39. The number of benzene rings is 1. The quantitative estimate of drug-likeness (QED) is 0.649. The summed E-state index contributed by atoms with van der Waals surface area (Å²) in [5, 5.41) is 3.36. The van der Waals surface area contributed by atoms with Gasteiger partial charge in [-0.15, -0.1) is 0 Å². The minimum Gasteiger partial charge on any atom is -0.497 e. The number of rotatable bonds is 6. The molecule has 178 valence electrons. The molecule has 1 fully saturated rings. The van der Waals surface area contributed by atoms with Crippen LogP contribution in [0, 0.1) is 5.41 Å². The van der Waals surface area contributed by atoms with Crippen molar-refractivity contribution < 1.29 is 28.5 Å². The molecule has 7 nitrogen and oxygen atoms in total. The molecule has 1 N–H and O–H groups in total. The summed E-state index contributed by atoms with van der Waals surface area (Å²) in [5.74, 6) is 0.208. The SMILES string of the molecule is COc1ccc([C@H]2C(C(=O)OC[C@@H]3CCCO3)=C(C)NC3=C2C(=O)CC(C)(C)C3)c(OC)c1. The largest absolute Gasteiger partial charge is 0.497 e. The fourth-order valence-electron chi connectivity index (χ4n) is 5.10. The van der Waals surface area contributed by atoms with Crippen LogP contribution in [-0.2, 0) is 19.1 Å². The molecule has 1 aromatic rings. The van der Waals surface area contributed by atoms with Gasteiger partial charge in [-0.2, -0.15) is 0 Å². The summed E-state index contributed by atoms with van der Waals surface area (Å²) < 4.78 is 22.3. The molecule has 0 radical (unpaired) electrons. The van der Waals surface area contributed by atoms with E-state index in [4.69, 9.17) is 18.9 Å². The third-order valence-corrected chi connectivity index (χ3v) is 6.64. The average Bonchev–Trinajstić information content (AvgIpc) is 3.29. The Morgan fingerprint density at radius 1 is 1.21 bits per heavy atom.